The van der Waals surface area contributed by atoms with Crippen molar-refractivity contribution in [2.45, 2.75) is 39.9 Å². The van der Waals surface area contributed by atoms with Gasteiger partial charge in [-0.25, -0.2) is 4.98 Å². The number of rotatable bonds is 6. The number of para-hydroxylation sites is 2. The van der Waals surface area contributed by atoms with Crippen molar-refractivity contribution in [3.05, 3.63) is 235 Å². The first-order chi connectivity index (χ1) is 42.5. The van der Waals surface area contributed by atoms with Crippen LogP contribution in [0.5, 0.6) is 11.5 Å². The largest absolute Gasteiger partial charge is 0.457 e. The molecule has 5 heteroatoms. The molecule has 1 aliphatic heterocycles. The maximum atomic E-state index is 9.91. The summed E-state index contributed by atoms with van der Waals surface area (Å²) in [5.41, 5.74) is 0.192. The highest BCUT2D eigenvalue weighted by atomic mass is 16.5. The van der Waals surface area contributed by atoms with E-state index in [9.17, 15) is 9.60 Å². The van der Waals surface area contributed by atoms with Crippen LogP contribution in [0.15, 0.2) is 218 Å². The fraction of sp³-hybridized carbons (Fsp3) is 0.0909. The number of pyridine rings is 1. The molecule has 1 aliphatic rings. The van der Waals surface area contributed by atoms with E-state index in [1.165, 1.54) is 48.5 Å². The molecule has 5 nitrogen and oxygen atoms in total. The van der Waals surface area contributed by atoms with Crippen LogP contribution in [-0.2, 0) is 5.41 Å². The quantitative estimate of drug-likeness (QED) is 0.156. The minimum atomic E-state index is -2.95. The van der Waals surface area contributed by atoms with Crippen molar-refractivity contribution >= 4 is 32.8 Å². The highest BCUT2D eigenvalue weighted by Crippen LogP contribution is 2.47. The number of aromatic nitrogens is 4. The Kier molecular flexibility index (Phi) is 6.20. The molecule has 13 rings (SSSR count). The normalized spacial score (nSPS) is 16.2. The van der Waals surface area contributed by atoms with Crippen molar-refractivity contribution < 1.29 is 35.3 Å². The summed E-state index contributed by atoms with van der Waals surface area (Å²) in [6.45, 7) is 0.498. The Balaban J connectivity index is 1.17. The van der Waals surface area contributed by atoms with E-state index in [-0.39, 0.29) is 83.3 Å². The van der Waals surface area contributed by atoms with Crippen molar-refractivity contribution in [3.8, 4) is 84.3 Å². The number of imidazole rings is 1. The topological polar surface area (TPSA) is 35.9 Å². The van der Waals surface area contributed by atoms with Crippen LogP contribution in [0.3, 0.4) is 0 Å². The first-order valence-electron chi connectivity index (χ1n) is 32.5. The molecule has 340 valence electrons. The minimum Gasteiger partial charge on any atom is -0.457 e. The Labute approximate surface area is 440 Å². The van der Waals surface area contributed by atoms with Crippen molar-refractivity contribution in [2.75, 3.05) is 0 Å². The lowest BCUT2D eigenvalue weighted by Crippen LogP contribution is -2.31. The molecule has 9 aromatic carbocycles. The van der Waals surface area contributed by atoms with Gasteiger partial charge < -0.3 is 4.74 Å². The van der Waals surface area contributed by atoms with Gasteiger partial charge in [0.1, 0.15) is 28.7 Å². The maximum absolute atomic E-state index is 9.91. The Morgan fingerprint density at radius 1 is 0.535 bits per heavy atom. The summed E-state index contributed by atoms with van der Waals surface area (Å²) < 4.78 is 186. The van der Waals surface area contributed by atoms with Crippen LogP contribution in [0.2, 0.25) is 0 Å². The number of nitrogens with zero attached hydrogens (tertiary/aromatic N) is 4. The lowest BCUT2D eigenvalue weighted by atomic mass is 9.87. The van der Waals surface area contributed by atoms with Crippen molar-refractivity contribution in [1.29, 1.82) is 0 Å². The lowest BCUT2D eigenvalue weighted by molar-refractivity contribution is -0.566. The molecule has 0 radical (unpaired) electrons. The molecule has 0 fully saturated rings. The van der Waals surface area contributed by atoms with Crippen LogP contribution in [0.25, 0.3) is 106 Å². The van der Waals surface area contributed by atoms with Gasteiger partial charge in [0.05, 0.1) is 28.9 Å². The molecule has 0 saturated heterocycles. The molecular weight excluding hydrogens is 865 g/mol. The Hall–Kier alpha value is -8.80. The average Bonchev–Trinajstić information content (AvgIpc) is 1.44. The van der Waals surface area contributed by atoms with Crippen LogP contribution in [0, 0.1) is 13.7 Å². The number of ether oxygens (including phenoxy) is 1. The average molecular weight is 935 g/mol. The fourth-order valence-electron chi connectivity index (χ4n) is 9.96. The molecule has 0 saturated carbocycles. The zero-order valence-electron chi connectivity index (χ0n) is 57.5. The molecule has 0 spiro atoms. The maximum Gasteiger partial charge on any atom is 0.255 e. The molecule has 4 heterocycles. The summed E-state index contributed by atoms with van der Waals surface area (Å²) in [6.07, 6.45) is 3.35. The number of hydrogen-bond acceptors (Lipinski definition) is 2. The van der Waals surface area contributed by atoms with Crippen molar-refractivity contribution in [1.82, 2.24) is 14.1 Å². The molecule has 0 atom stereocenters. The number of fused-ring (bicyclic) bond motifs is 10. The van der Waals surface area contributed by atoms with E-state index in [0.717, 1.165) is 27.4 Å². The van der Waals surface area contributed by atoms with E-state index < -0.39 is 97.8 Å². The standard InChI is InChI=1S/C66H51N4O/c1-42-18-15-19-43(2)63(42)45-36-58-54-27-12-10-25-52(54)51-24-9-11-26-53(51)57-30-17-29-50(44-20-7-6-8-21-44)64(57)69-41-68(61(37-45)65(58)69)47-22-16-23-48(39-47)71-49-32-33-56-55-28-13-14-31-59(55)70(60(56)40-49)62-38-46(34-35-67-62)66(3,4)5/h6-41H,1-5H3/q+1/i1D3,2D3,6D,7D,8D,9D,10D,11D,12D,20D,21D,24D,25D,26D,27D. The second-order valence-electron chi connectivity index (χ2n) is 18.5. The molecule has 0 amide bonds. The summed E-state index contributed by atoms with van der Waals surface area (Å²) in [5, 5.41) is 1.92. The third-order valence-electron chi connectivity index (χ3n) is 13.2. The van der Waals surface area contributed by atoms with E-state index in [1.54, 1.807) is 45.9 Å². The predicted octanol–water partition coefficient (Wildman–Crippen LogP) is 16.8. The summed E-state index contributed by atoms with van der Waals surface area (Å²) in [6, 6.07) is 26.8. The lowest BCUT2D eigenvalue weighted by Gasteiger charge is -2.20. The zero-order valence-corrected chi connectivity index (χ0v) is 38.5. The summed E-state index contributed by atoms with van der Waals surface area (Å²) in [4.78, 5) is 4.84. The molecule has 0 unspecified atom stereocenters. The number of benzene rings is 9. The fourth-order valence-corrected chi connectivity index (χ4v) is 9.96. The van der Waals surface area contributed by atoms with Crippen LogP contribution < -0.4 is 9.30 Å². The summed E-state index contributed by atoms with van der Waals surface area (Å²) in [7, 11) is 0. The third-order valence-corrected chi connectivity index (χ3v) is 13.2. The van der Waals surface area contributed by atoms with Crippen LogP contribution in [-0.4, -0.2) is 14.1 Å². The number of aryl methyl sites for hydroxylation is 2. The van der Waals surface area contributed by atoms with Gasteiger partial charge in [0, 0.05) is 54.0 Å². The molecule has 3 aromatic heterocycles. The van der Waals surface area contributed by atoms with Gasteiger partial charge in [-0.1, -0.05) is 160 Å². The van der Waals surface area contributed by atoms with E-state index in [1.807, 2.05) is 48.5 Å². The van der Waals surface area contributed by atoms with Gasteiger partial charge in [0.2, 0.25) is 0 Å². The molecule has 0 bridgehead atoms. The SMILES string of the molecule is [2H]c1c([2H])c([2H])c(-c2cccc3c2-[n+]2cn(-c4cccc(Oc5ccc6c7ccccc7n(-c7cc(C(C)(C)C)ccn7)c6c5)c4)c4cc(-c5c(C([2H])([2H])[2H])cccc5C([2H])([2H])[2H])cc(c42)-c2c([2H])c([2H])c([2H])c([2H])c2-c2c([2H])c([2H])c([2H])c([2H])c2-3)c([2H])c1[2H]. The van der Waals surface area contributed by atoms with E-state index in [0.29, 0.717) is 23.0 Å². The van der Waals surface area contributed by atoms with Gasteiger partial charge in [-0.2, -0.15) is 9.13 Å². The van der Waals surface area contributed by atoms with Crippen LogP contribution >= 0.6 is 0 Å². The minimum absolute atomic E-state index is 0.0247. The van der Waals surface area contributed by atoms with Gasteiger partial charge in [-0.05, 0) is 129 Å². The summed E-state index contributed by atoms with van der Waals surface area (Å²) >= 11 is 0. The monoisotopic (exact) mass is 935 g/mol. The Morgan fingerprint density at radius 2 is 1.20 bits per heavy atom. The van der Waals surface area contributed by atoms with E-state index in [2.05, 4.69) is 31.4 Å². The smallest absolute Gasteiger partial charge is 0.255 e. The Morgan fingerprint density at radius 3 is 1.96 bits per heavy atom. The molecular formula is C66H51N4O+. The van der Waals surface area contributed by atoms with Crippen molar-refractivity contribution in [3.63, 3.8) is 0 Å². The summed E-state index contributed by atoms with van der Waals surface area (Å²) in [5.74, 6) is 1.43. The first kappa shape index (κ1) is 26.8. The second kappa shape index (κ2) is 16.4. The van der Waals surface area contributed by atoms with Gasteiger partial charge in [0.25, 0.3) is 6.33 Å². The Bertz CT molecular complexity index is 5050. The predicted molar refractivity (Wildman–Crippen MR) is 292 cm³/mol. The van der Waals surface area contributed by atoms with Crippen LogP contribution in [0.4, 0.5) is 0 Å². The van der Waals surface area contributed by atoms with Crippen molar-refractivity contribution in [2.24, 2.45) is 0 Å². The van der Waals surface area contributed by atoms with Gasteiger partial charge in [0.15, 0.2) is 11.0 Å². The van der Waals surface area contributed by atoms with Gasteiger partial charge >= 0.3 is 0 Å². The van der Waals surface area contributed by atoms with Gasteiger partial charge in [-0.3, -0.25) is 4.57 Å². The third kappa shape index (κ3) is 6.99. The molecule has 0 N–H and O–H groups in total. The molecule has 0 aliphatic carbocycles. The first-order valence-corrected chi connectivity index (χ1v) is 23.0. The van der Waals surface area contributed by atoms with E-state index >= 15 is 0 Å². The van der Waals surface area contributed by atoms with Gasteiger partial charge in [-0.15, -0.1) is 0 Å². The molecule has 12 aromatic rings. The zero-order chi connectivity index (χ0) is 64.3. The van der Waals surface area contributed by atoms with Crippen LogP contribution in [0.1, 0.15) is 63.5 Å². The highest BCUT2D eigenvalue weighted by molar-refractivity contribution is 6.09. The second-order valence-corrected chi connectivity index (χ2v) is 18.5. The molecule has 71 heavy (non-hydrogen) atoms. The number of hydrogen-bond donors (Lipinski definition) is 0. The van der Waals surface area contributed by atoms with E-state index in [4.69, 9.17) is 26.2 Å². The highest BCUT2D eigenvalue weighted by Gasteiger charge is 2.32.